The molecule has 0 unspecified atom stereocenters. The third-order valence-electron chi connectivity index (χ3n) is 2.46. The number of benzene rings is 2. The van der Waals surface area contributed by atoms with E-state index in [1.807, 2.05) is 0 Å². The lowest BCUT2D eigenvalue weighted by molar-refractivity contribution is 0.360. The highest BCUT2D eigenvalue weighted by Gasteiger charge is 2.27. The molecule has 0 fully saturated rings. The molecule has 0 aliphatic heterocycles. The molecule has 2 nitrogen and oxygen atoms in total. The van der Waals surface area contributed by atoms with Crippen LogP contribution in [0.3, 0.4) is 0 Å². The van der Waals surface area contributed by atoms with Gasteiger partial charge in [0.05, 0.1) is 5.56 Å². The first-order chi connectivity index (χ1) is 8.84. The monoisotopic (exact) mass is 276 g/mol. The molecule has 100 valence electrons. The Labute approximate surface area is 103 Å². The van der Waals surface area contributed by atoms with E-state index in [1.54, 1.807) is 0 Å². The first kappa shape index (κ1) is 13.1. The summed E-state index contributed by atoms with van der Waals surface area (Å²) in [7, 11) is 0. The predicted molar refractivity (Wildman–Crippen MR) is 55.0 cm³/mol. The molecule has 2 rings (SSSR count). The van der Waals surface area contributed by atoms with Crippen LogP contribution in [0.1, 0.15) is 0 Å². The van der Waals surface area contributed by atoms with Crippen molar-refractivity contribution in [2.24, 2.45) is 0 Å². The van der Waals surface area contributed by atoms with E-state index >= 15 is 0 Å². The molecule has 0 aliphatic carbocycles. The molecule has 0 bridgehead atoms. The quantitative estimate of drug-likeness (QED) is 0.475. The van der Waals surface area contributed by atoms with Gasteiger partial charge in [-0.25, -0.2) is 17.6 Å². The molecule has 7 heteroatoms. The van der Waals surface area contributed by atoms with Crippen LogP contribution in [-0.2, 0) is 0 Å². The molecule has 0 atom stereocenters. The first-order valence-corrected chi connectivity index (χ1v) is 4.88. The highest BCUT2D eigenvalue weighted by molar-refractivity contribution is 5.68. The smallest absolute Gasteiger partial charge is 0.206 e. The molecule has 0 saturated heterocycles. The first-order valence-electron chi connectivity index (χ1n) is 4.88. The molecule has 0 radical (unpaired) electrons. The van der Waals surface area contributed by atoms with Crippen LogP contribution in [0.4, 0.5) is 22.0 Å². The molecular formula is C12H5F5O2. The highest BCUT2D eigenvalue weighted by Crippen LogP contribution is 2.37. The zero-order chi connectivity index (χ0) is 14.3. The molecular weight excluding hydrogens is 271 g/mol. The van der Waals surface area contributed by atoms with E-state index < -0.39 is 51.7 Å². The van der Waals surface area contributed by atoms with Crippen molar-refractivity contribution in [3.63, 3.8) is 0 Å². The van der Waals surface area contributed by atoms with Crippen molar-refractivity contribution >= 4 is 0 Å². The van der Waals surface area contributed by atoms with Crippen molar-refractivity contribution in [2.45, 2.75) is 0 Å². The Balaban J connectivity index is 2.83. The van der Waals surface area contributed by atoms with Gasteiger partial charge in [0.2, 0.25) is 5.82 Å². The van der Waals surface area contributed by atoms with Gasteiger partial charge in [-0.3, -0.25) is 0 Å². The van der Waals surface area contributed by atoms with Gasteiger partial charge in [-0.2, -0.15) is 4.39 Å². The lowest BCUT2D eigenvalue weighted by Crippen LogP contribution is -2.01. The van der Waals surface area contributed by atoms with Gasteiger partial charge in [0.25, 0.3) is 0 Å². The molecule has 19 heavy (non-hydrogen) atoms. The van der Waals surface area contributed by atoms with Gasteiger partial charge in [-0.15, -0.1) is 0 Å². The SMILES string of the molecule is Oc1ccc(-c2c(F)c(O)c(F)c(F)c2F)c(F)c1. The van der Waals surface area contributed by atoms with Crippen molar-refractivity contribution < 1.29 is 32.2 Å². The Morgan fingerprint density at radius 2 is 1.37 bits per heavy atom. The predicted octanol–water partition coefficient (Wildman–Crippen LogP) is 3.46. The van der Waals surface area contributed by atoms with Crippen LogP contribution in [0.2, 0.25) is 0 Å². The minimum absolute atomic E-state index is 0.520. The van der Waals surface area contributed by atoms with E-state index in [4.69, 9.17) is 10.2 Å². The Morgan fingerprint density at radius 3 is 1.95 bits per heavy atom. The number of hydrogen-bond donors (Lipinski definition) is 2. The fourth-order valence-electron chi connectivity index (χ4n) is 1.56. The Bertz CT molecular complexity index is 641. The Morgan fingerprint density at radius 1 is 0.737 bits per heavy atom. The van der Waals surface area contributed by atoms with Crippen LogP contribution < -0.4 is 0 Å². The summed E-state index contributed by atoms with van der Waals surface area (Å²) in [5.41, 5.74) is -2.02. The minimum atomic E-state index is -2.12. The molecule has 2 aromatic carbocycles. The van der Waals surface area contributed by atoms with Gasteiger partial charge in [0.15, 0.2) is 23.2 Å². The third-order valence-corrected chi connectivity index (χ3v) is 2.46. The van der Waals surface area contributed by atoms with Crippen molar-refractivity contribution in [3.8, 4) is 22.6 Å². The lowest BCUT2D eigenvalue weighted by atomic mass is 10.0. The van der Waals surface area contributed by atoms with E-state index in [1.165, 1.54) is 0 Å². The summed E-state index contributed by atoms with van der Waals surface area (Å²) in [5.74, 6) is -11.6. The number of aromatic hydroxyl groups is 2. The van der Waals surface area contributed by atoms with Crippen molar-refractivity contribution in [1.82, 2.24) is 0 Å². The summed E-state index contributed by atoms with van der Waals surface area (Å²) in [4.78, 5) is 0. The highest BCUT2D eigenvalue weighted by atomic mass is 19.2. The van der Waals surface area contributed by atoms with Crippen LogP contribution in [0.5, 0.6) is 11.5 Å². The average molecular weight is 276 g/mol. The summed E-state index contributed by atoms with van der Waals surface area (Å²) in [6.07, 6.45) is 0. The standard InChI is InChI=1S/C12H5F5O2/c13-6-3-4(18)1-2-5(6)7-8(14)10(16)11(17)12(19)9(7)15/h1-3,18-19H. The molecule has 0 heterocycles. The maximum Gasteiger partial charge on any atom is 0.206 e. The zero-order valence-electron chi connectivity index (χ0n) is 9.02. The largest absolute Gasteiger partial charge is 0.508 e. The van der Waals surface area contributed by atoms with E-state index in [0.717, 1.165) is 12.1 Å². The van der Waals surface area contributed by atoms with Crippen LogP contribution in [-0.4, -0.2) is 10.2 Å². The fourth-order valence-corrected chi connectivity index (χ4v) is 1.56. The second-order valence-corrected chi connectivity index (χ2v) is 3.64. The lowest BCUT2D eigenvalue weighted by Gasteiger charge is -2.10. The number of phenols is 2. The number of halogens is 5. The Kier molecular flexibility index (Phi) is 3.05. The summed E-state index contributed by atoms with van der Waals surface area (Å²) >= 11 is 0. The maximum atomic E-state index is 13.5. The number of hydrogen-bond acceptors (Lipinski definition) is 2. The summed E-state index contributed by atoms with van der Waals surface area (Å²) in [5, 5.41) is 17.9. The minimum Gasteiger partial charge on any atom is -0.508 e. The Hall–Kier alpha value is -2.31. The van der Waals surface area contributed by atoms with Crippen LogP contribution in [0.25, 0.3) is 11.1 Å². The summed E-state index contributed by atoms with van der Waals surface area (Å²) in [6.45, 7) is 0. The fraction of sp³-hybridized carbons (Fsp3) is 0. The zero-order valence-corrected chi connectivity index (χ0v) is 9.02. The van der Waals surface area contributed by atoms with Crippen molar-refractivity contribution in [1.29, 1.82) is 0 Å². The third kappa shape index (κ3) is 1.96. The normalized spacial score (nSPS) is 10.8. The van der Waals surface area contributed by atoms with Gasteiger partial charge < -0.3 is 10.2 Å². The molecule has 0 amide bonds. The van der Waals surface area contributed by atoms with Gasteiger partial charge in [-0.1, -0.05) is 0 Å². The second-order valence-electron chi connectivity index (χ2n) is 3.64. The molecule has 0 saturated carbocycles. The number of phenolic OH excluding ortho intramolecular Hbond substituents is 2. The summed E-state index contributed by atoms with van der Waals surface area (Å²) < 4.78 is 66.4. The summed E-state index contributed by atoms with van der Waals surface area (Å²) in [6, 6.07) is 2.20. The van der Waals surface area contributed by atoms with E-state index in [0.29, 0.717) is 6.07 Å². The van der Waals surface area contributed by atoms with Gasteiger partial charge >= 0.3 is 0 Å². The molecule has 2 N–H and O–H groups in total. The van der Waals surface area contributed by atoms with Gasteiger partial charge in [0, 0.05) is 11.6 Å². The molecule has 0 spiro atoms. The average Bonchev–Trinajstić information content (AvgIpc) is 2.37. The van der Waals surface area contributed by atoms with E-state index in [9.17, 15) is 22.0 Å². The molecule has 0 aromatic heterocycles. The topological polar surface area (TPSA) is 40.5 Å². The van der Waals surface area contributed by atoms with Crippen molar-refractivity contribution in [2.75, 3.05) is 0 Å². The van der Waals surface area contributed by atoms with Gasteiger partial charge in [-0.05, 0) is 12.1 Å². The van der Waals surface area contributed by atoms with E-state index in [2.05, 4.69) is 0 Å². The van der Waals surface area contributed by atoms with Gasteiger partial charge in [0.1, 0.15) is 11.6 Å². The van der Waals surface area contributed by atoms with Crippen molar-refractivity contribution in [3.05, 3.63) is 47.3 Å². The maximum absolute atomic E-state index is 13.5. The van der Waals surface area contributed by atoms with E-state index in [-0.39, 0.29) is 0 Å². The second kappa shape index (κ2) is 4.42. The molecule has 0 aliphatic rings. The number of rotatable bonds is 1. The van der Waals surface area contributed by atoms with Crippen LogP contribution >= 0.6 is 0 Å². The van der Waals surface area contributed by atoms with Crippen LogP contribution in [0, 0.1) is 29.1 Å². The molecule has 2 aromatic rings. The van der Waals surface area contributed by atoms with Crippen LogP contribution in [0.15, 0.2) is 18.2 Å².